The second-order valence-electron chi connectivity index (χ2n) is 7.59. The number of carbonyl (C=O) groups is 1. The van der Waals surface area contributed by atoms with Gasteiger partial charge in [-0.2, -0.15) is 0 Å². The van der Waals surface area contributed by atoms with Crippen LogP contribution in [0.3, 0.4) is 0 Å². The predicted molar refractivity (Wildman–Crippen MR) is 116 cm³/mol. The maximum absolute atomic E-state index is 12.8. The zero-order chi connectivity index (χ0) is 21.3. The molecule has 2 aromatic carbocycles. The summed E-state index contributed by atoms with van der Waals surface area (Å²) < 4.78 is 23.6. The summed E-state index contributed by atoms with van der Waals surface area (Å²) in [4.78, 5) is 34.3. The average Bonchev–Trinajstić information content (AvgIpc) is 2.72. The molecule has 0 unspecified atom stereocenters. The van der Waals surface area contributed by atoms with E-state index in [1.165, 1.54) is 6.26 Å². The molecule has 7 nitrogen and oxygen atoms in total. The Bertz CT molecular complexity index is 1280. The van der Waals surface area contributed by atoms with Crippen molar-refractivity contribution in [3.63, 3.8) is 0 Å². The first-order chi connectivity index (χ1) is 14.3. The fraction of sp³-hybridized carbons (Fsp3) is 0.318. The molecule has 2 heterocycles. The number of aromatic nitrogens is 2. The van der Waals surface area contributed by atoms with Crippen molar-refractivity contribution in [3.8, 4) is 0 Å². The van der Waals surface area contributed by atoms with Gasteiger partial charge in [0.1, 0.15) is 5.82 Å². The lowest BCUT2D eigenvalue weighted by atomic mass is 10.0. The number of H-pyrrole nitrogens is 1. The first-order valence-corrected chi connectivity index (χ1v) is 11.8. The van der Waals surface area contributed by atoms with E-state index in [2.05, 4.69) is 9.97 Å². The van der Waals surface area contributed by atoms with Gasteiger partial charge in [-0.3, -0.25) is 9.59 Å². The van der Waals surface area contributed by atoms with Gasteiger partial charge in [-0.25, -0.2) is 13.4 Å². The van der Waals surface area contributed by atoms with Crippen LogP contribution in [0.25, 0.3) is 10.9 Å². The zero-order valence-corrected chi connectivity index (χ0v) is 17.5. The van der Waals surface area contributed by atoms with Crippen LogP contribution in [-0.4, -0.2) is 37.1 Å². The van der Waals surface area contributed by atoms with E-state index < -0.39 is 9.84 Å². The number of para-hydroxylation sites is 1. The van der Waals surface area contributed by atoms with Gasteiger partial charge in [0.2, 0.25) is 5.91 Å². The van der Waals surface area contributed by atoms with Gasteiger partial charge in [0.25, 0.3) is 5.56 Å². The monoisotopic (exact) mass is 425 g/mol. The van der Waals surface area contributed by atoms with Gasteiger partial charge in [0.05, 0.1) is 15.8 Å². The molecule has 1 aliphatic heterocycles. The van der Waals surface area contributed by atoms with Crippen LogP contribution in [-0.2, 0) is 27.5 Å². The molecule has 8 heteroatoms. The highest BCUT2D eigenvalue weighted by Gasteiger charge is 2.23. The Morgan fingerprint density at radius 1 is 1.20 bits per heavy atom. The highest BCUT2D eigenvalue weighted by Crippen LogP contribution is 2.30. The Balaban J connectivity index is 1.45. The summed E-state index contributed by atoms with van der Waals surface area (Å²) in [6.45, 7) is 0.620. The summed E-state index contributed by atoms with van der Waals surface area (Å²) in [5.41, 5.74) is 2.15. The molecule has 0 fully saturated rings. The topological polar surface area (TPSA) is 100 Å². The third kappa shape index (κ3) is 4.14. The minimum Gasteiger partial charge on any atom is -0.312 e. The molecule has 1 N–H and O–H groups in total. The van der Waals surface area contributed by atoms with E-state index >= 15 is 0 Å². The summed E-state index contributed by atoms with van der Waals surface area (Å²) in [5.74, 6) is 0.564. The number of aryl methyl sites for hydroxylation is 2. The molecule has 0 saturated carbocycles. The van der Waals surface area contributed by atoms with E-state index in [0.29, 0.717) is 42.5 Å². The Morgan fingerprint density at radius 3 is 2.80 bits per heavy atom. The number of nitrogens with zero attached hydrogens (tertiary/aromatic N) is 2. The van der Waals surface area contributed by atoms with Crippen molar-refractivity contribution in [3.05, 3.63) is 64.2 Å². The quantitative estimate of drug-likeness (QED) is 0.677. The molecule has 0 saturated heterocycles. The van der Waals surface area contributed by atoms with E-state index in [0.717, 1.165) is 24.1 Å². The largest absolute Gasteiger partial charge is 0.312 e. The molecule has 0 spiro atoms. The Hall–Kier alpha value is -3.00. The highest BCUT2D eigenvalue weighted by molar-refractivity contribution is 7.90. The molecule has 0 radical (unpaired) electrons. The molecule has 1 aliphatic rings. The van der Waals surface area contributed by atoms with Crippen molar-refractivity contribution >= 4 is 32.3 Å². The third-order valence-electron chi connectivity index (χ3n) is 5.36. The number of aromatic amines is 1. The van der Waals surface area contributed by atoms with E-state index in [-0.39, 0.29) is 16.4 Å². The van der Waals surface area contributed by atoms with Crippen molar-refractivity contribution in [2.24, 2.45) is 0 Å². The van der Waals surface area contributed by atoms with Crippen LogP contribution in [0.1, 0.15) is 30.7 Å². The van der Waals surface area contributed by atoms with Crippen LogP contribution < -0.4 is 10.5 Å². The van der Waals surface area contributed by atoms with Crippen molar-refractivity contribution in [2.45, 2.75) is 37.0 Å². The Labute approximate surface area is 174 Å². The first kappa shape index (κ1) is 20.3. The van der Waals surface area contributed by atoms with E-state index in [4.69, 9.17) is 0 Å². The second kappa shape index (κ2) is 8.02. The lowest BCUT2D eigenvalue weighted by Crippen LogP contribution is -2.35. The molecule has 1 aromatic heterocycles. The molecule has 156 valence electrons. The van der Waals surface area contributed by atoms with Gasteiger partial charge in [0, 0.05) is 31.3 Å². The molecule has 1 amide bonds. The van der Waals surface area contributed by atoms with Gasteiger partial charge in [-0.1, -0.05) is 12.1 Å². The molecular formula is C22H23N3O4S. The van der Waals surface area contributed by atoms with Gasteiger partial charge >= 0.3 is 0 Å². The number of benzene rings is 2. The molecule has 0 atom stereocenters. The van der Waals surface area contributed by atoms with Crippen molar-refractivity contribution < 1.29 is 13.2 Å². The summed E-state index contributed by atoms with van der Waals surface area (Å²) in [6.07, 6.45) is 4.12. The summed E-state index contributed by atoms with van der Waals surface area (Å²) >= 11 is 0. The van der Waals surface area contributed by atoms with Crippen LogP contribution in [0.5, 0.6) is 0 Å². The second-order valence-corrected chi connectivity index (χ2v) is 9.61. The van der Waals surface area contributed by atoms with Crippen LogP contribution in [0.2, 0.25) is 0 Å². The number of hydrogen-bond donors (Lipinski definition) is 1. The number of rotatable bonds is 5. The Kier molecular flexibility index (Phi) is 5.42. The first-order valence-electron chi connectivity index (χ1n) is 9.94. The van der Waals surface area contributed by atoms with Crippen LogP contribution in [0.4, 0.5) is 5.69 Å². The Morgan fingerprint density at radius 2 is 2.00 bits per heavy atom. The maximum Gasteiger partial charge on any atom is 0.258 e. The molecule has 0 bridgehead atoms. The van der Waals surface area contributed by atoms with Gasteiger partial charge in [-0.05, 0) is 55.2 Å². The average molecular weight is 426 g/mol. The molecular weight excluding hydrogens is 402 g/mol. The van der Waals surface area contributed by atoms with Crippen LogP contribution in [0, 0.1) is 0 Å². The molecule has 3 aromatic rings. The number of fused-ring (bicyclic) bond motifs is 2. The third-order valence-corrected chi connectivity index (χ3v) is 6.48. The van der Waals surface area contributed by atoms with Crippen molar-refractivity contribution in [1.82, 2.24) is 9.97 Å². The molecule has 4 rings (SSSR count). The number of anilines is 1. The fourth-order valence-electron chi connectivity index (χ4n) is 3.86. The minimum absolute atomic E-state index is 0.00816. The van der Waals surface area contributed by atoms with Crippen molar-refractivity contribution in [2.75, 3.05) is 17.7 Å². The fourth-order valence-corrected chi connectivity index (χ4v) is 4.53. The zero-order valence-electron chi connectivity index (χ0n) is 16.7. The molecule has 0 aliphatic carbocycles. The number of carbonyl (C=O) groups excluding carboxylic acids is 1. The van der Waals surface area contributed by atoms with Crippen LogP contribution >= 0.6 is 0 Å². The van der Waals surface area contributed by atoms with Crippen LogP contribution in [0.15, 0.2) is 52.2 Å². The maximum atomic E-state index is 12.8. The van der Waals surface area contributed by atoms with Gasteiger partial charge < -0.3 is 9.88 Å². The van der Waals surface area contributed by atoms with E-state index in [1.807, 2.05) is 6.07 Å². The van der Waals surface area contributed by atoms with E-state index in [1.54, 1.807) is 41.3 Å². The number of amides is 1. The predicted octanol–water partition coefficient (Wildman–Crippen LogP) is 2.63. The summed E-state index contributed by atoms with van der Waals surface area (Å²) in [6, 6.07) is 12.1. The smallest absolute Gasteiger partial charge is 0.258 e. The van der Waals surface area contributed by atoms with Gasteiger partial charge in [0.15, 0.2) is 9.84 Å². The molecule has 30 heavy (non-hydrogen) atoms. The lowest BCUT2D eigenvalue weighted by molar-refractivity contribution is -0.118. The highest BCUT2D eigenvalue weighted by atomic mass is 32.2. The van der Waals surface area contributed by atoms with E-state index in [9.17, 15) is 18.0 Å². The SMILES string of the molecule is CS(=O)(=O)c1ccc2c(c1)CCCN2C(=O)CCCc1nc2ccccc2c(=O)[nH]1. The normalized spacial score (nSPS) is 14.0. The summed E-state index contributed by atoms with van der Waals surface area (Å²) in [7, 11) is -3.28. The van der Waals surface area contributed by atoms with Gasteiger partial charge in [-0.15, -0.1) is 0 Å². The minimum atomic E-state index is -3.28. The standard InChI is InChI=1S/C22H23N3O4S/c1-30(28,29)16-11-12-19-15(14-16)6-5-13-25(19)21(26)10-4-9-20-23-18-8-3-2-7-17(18)22(27)24-20/h2-3,7-8,11-12,14H,4-6,9-10,13H2,1H3,(H,23,24,27). The van der Waals surface area contributed by atoms with Crippen molar-refractivity contribution in [1.29, 1.82) is 0 Å². The lowest BCUT2D eigenvalue weighted by Gasteiger charge is -2.30. The summed E-state index contributed by atoms with van der Waals surface area (Å²) in [5, 5.41) is 0.552. The number of hydrogen-bond acceptors (Lipinski definition) is 5. The number of sulfone groups is 1. The number of nitrogens with one attached hydrogen (secondary N) is 1.